The molecule has 1 aliphatic rings. The number of aromatic nitrogens is 1. The number of ether oxygens (including phenoxy) is 1. The molecule has 0 unspecified atom stereocenters. The van der Waals surface area contributed by atoms with E-state index in [-0.39, 0.29) is 17.8 Å². The predicted octanol–water partition coefficient (Wildman–Crippen LogP) is 6.13. The Morgan fingerprint density at radius 2 is 1.92 bits per heavy atom. The van der Waals surface area contributed by atoms with Crippen molar-refractivity contribution in [3.63, 3.8) is 0 Å². The van der Waals surface area contributed by atoms with Crippen molar-refractivity contribution in [1.82, 2.24) is 10.3 Å². The van der Waals surface area contributed by atoms with E-state index in [4.69, 9.17) is 9.15 Å². The van der Waals surface area contributed by atoms with Gasteiger partial charge in [0.05, 0.1) is 12.6 Å². The first-order valence-electron chi connectivity index (χ1n) is 13.6. The summed E-state index contributed by atoms with van der Waals surface area (Å²) in [6.45, 7) is 3.61. The SMILES string of the molecule is CCCCOC[C@@H](CNc1ccc(F)cc1)NC(=O)[C@H](CC1CCCCC1)Nc1nc2ccccc2o1. The van der Waals surface area contributed by atoms with Crippen LogP contribution in [0.15, 0.2) is 52.9 Å². The molecule has 3 aromatic rings. The number of unbranched alkanes of at least 4 members (excludes halogenated alkanes) is 1. The van der Waals surface area contributed by atoms with E-state index in [2.05, 4.69) is 27.9 Å². The number of nitrogens with one attached hydrogen (secondary N) is 3. The number of rotatable bonds is 14. The number of para-hydroxylation sites is 2. The molecule has 0 spiro atoms. The van der Waals surface area contributed by atoms with Gasteiger partial charge in [-0.2, -0.15) is 4.98 Å². The molecule has 1 fully saturated rings. The lowest BCUT2D eigenvalue weighted by molar-refractivity contribution is -0.123. The van der Waals surface area contributed by atoms with E-state index in [0.29, 0.717) is 37.3 Å². The smallest absolute Gasteiger partial charge is 0.296 e. The van der Waals surface area contributed by atoms with Crippen LogP contribution in [0.4, 0.5) is 16.1 Å². The van der Waals surface area contributed by atoms with Crippen molar-refractivity contribution >= 4 is 28.7 Å². The van der Waals surface area contributed by atoms with E-state index >= 15 is 0 Å². The fourth-order valence-electron chi connectivity index (χ4n) is 4.80. The van der Waals surface area contributed by atoms with Gasteiger partial charge in [0, 0.05) is 18.8 Å². The van der Waals surface area contributed by atoms with Gasteiger partial charge >= 0.3 is 0 Å². The van der Waals surface area contributed by atoms with E-state index < -0.39 is 6.04 Å². The first-order valence-corrected chi connectivity index (χ1v) is 13.6. The minimum absolute atomic E-state index is 0.0992. The van der Waals surface area contributed by atoms with Crippen molar-refractivity contribution in [3.05, 3.63) is 54.3 Å². The molecule has 7 nitrogen and oxygen atoms in total. The molecule has 1 saturated carbocycles. The number of halogens is 1. The number of carbonyl (C=O) groups is 1. The molecule has 0 aliphatic heterocycles. The number of fused-ring (bicyclic) bond motifs is 1. The molecular weight excluding hydrogens is 471 g/mol. The summed E-state index contributed by atoms with van der Waals surface area (Å²) in [6.07, 6.45) is 8.67. The van der Waals surface area contributed by atoms with Gasteiger partial charge in [0.15, 0.2) is 5.58 Å². The number of hydrogen-bond acceptors (Lipinski definition) is 6. The third-order valence-electron chi connectivity index (χ3n) is 6.91. The number of hydrogen-bond donors (Lipinski definition) is 3. The summed E-state index contributed by atoms with van der Waals surface area (Å²) in [6, 6.07) is 13.4. The molecule has 37 heavy (non-hydrogen) atoms. The first-order chi connectivity index (χ1) is 18.1. The maximum Gasteiger partial charge on any atom is 0.296 e. The van der Waals surface area contributed by atoms with Gasteiger partial charge in [-0.3, -0.25) is 4.79 Å². The van der Waals surface area contributed by atoms with Gasteiger partial charge in [0.25, 0.3) is 6.01 Å². The van der Waals surface area contributed by atoms with Crippen LogP contribution in [-0.4, -0.2) is 42.7 Å². The fourth-order valence-corrected chi connectivity index (χ4v) is 4.80. The molecule has 0 radical (unpaired) electrons. The number of carbonyl (C=O) groups excluding carboxylic acids is 1. The van der Waals surface area contributed by atoms with Crippen LogP contribution in [0.1, 0.15) is 58.3 Å². The fraction of sp³-hybridized carbons (Fsp3) is 0.517. The standard InChI is InChI=1S/C29H39FN4O3/c1-2-3-17-36-20-24(19-31-23-15-13-22(30)14-16-23)32-28(35)26(18-21-9-5-4-6-10-21)34-29-33-25-11-7-8-12-27(25)37-29/h7-8,11-16,21,24,26,31H,2-6,9-10,17-20H2,1H3,(H,32,35)(H,33,34)/t24-,26+/m1/s1. The molecule has 1 aromatic heterocycles. The van der Waals surface area contributed by atoms with E-state index in [1.54, 1.807) is 12.1 Å². The highest BCUT2D eigenvalue weighted by Crippen LogP contribution is 2.29. The third kappa shape index (κ3) is 8.45. The second-order valence-electron chi connectivity index (χ2n) is 9.95. The van der Waals surface area contributed by atoms with Crippen molar-refractivity contribution < 1.29 is 18.3 Å². The Balaban J connectivity index is 1.44. The van der Waals surface area contributed by atoms with Crippen LogP contribution in [-0.2, 0) is 9.53 Å². The molecule has 8 heteroatoms. The van der Waals surface area contributed by atoms with E-state index in [1.165, 1.54) is 31.4 Å². The average molecular weight is 511 g/mol. The quantitative estimate of drug-likeness (QED) is 0.226. The molecule has 0 saturated heterocycles. The van der Waals surface area contributed by atoms with Crippen LogP contribution in [0.3, 0.4) is 0 Å². The first kappa shape index (κ1) is 26.9. The zero-order chi connectivity index (χ0) is 25.9. The topological polar surface area (TPSA) is 88.4 Å². The Kier molecular flexibility index (Phi) is 10.2. The molecule has 2 atom stereocenters. The van der Waals surface area contributed by atoms with E-state index in [9.17, 15) is 9.18 Å². The normalized spacial score (nSPS) is 15.8. The molecule has 1 aliphatic carbocycles. The van der Waals surface area contributed by atoms with Gasteiger partial charge in [0.1, 0.15) is 17.4 Å². The number of anilines is 2. The summed E-state index contributed by atoms with van der Waals surface area (Å²) in [5.41, 5.74) is 2.23. The molecule has 2 aromatic carbocycles. The number of amides is 1. The number of oxazole rings is 1. The van der Waals surface area contributed by atoms with Crippen molar-refractivity contribution in [2.24, 2.45) is 5.92 Å². The van der Waals surface area contributed by atoms with Crippen molar-refractivity contribution in [2.75, 3.05) is 30.4 Å². The Labute approximate surface area is 218 Å². The Hall–Kier alpha value is -3.13. The van der Waals surface area contributed by atoms with Crippen molar-refractivity contribution in [1.29, 1.82) is 0 Å². The summed E-state index contributed by atoms with van der Waals surface area (Å²) < 4.78 is 25.0. The van der Waals surface area contributed by atoms with Gasteiger partial charge in [-0.05, 0) is 55.2 Å². The van der Waals surface area contributed by atoms with E-state index in [0.717, 1.165) is 43.3 Å². The Morgan fingerprint density at radius 1 is 1.14 bits per heavy atom. The number of nitrogens with zero attached hydrogens (tertiary/aromatic N) is 1. The zero-order valence-electron chi connectivity index (χ0n) is 21.7. The maximum absolute atomic E-state index is 13.6. The lowest BCUT2D eigenvalue weighted by atomic mass is 9.84. The van der Waals surface area contributed by atoms with Crippen LogP contribution in [0.2, 0.25) is 0 Å². The largest absolute Gasteiger partial charge is 0.424 e. The van der Waals surface area contributed by atoms with Gasteiger partial charge in [-0.25, -0.2) is 4.39 Å². The molecule has 1 heterocycles. The lowest BCUT2D eigenvalue weighted by Crippen LogP contribution is -2.49. The summed E-state index contributed by atoms with van der Waals surface area (Å²) >= 11 is 0. The second kappa shape index (κ2) is 14.0. The van der Waals surface area contributed by atoms with E-state index in [1.807, 2.05) is 24.3 Å². The van der Waals surface area contributed by atoms with Gasteiger partial charge in [0.2, 0.25) is 5.91 Å². The van der Waals surface area contributed by atoms with Crippen molar-refractivity contribution in [2.45, 2.75) is 70.4 Å². The summed E-state index contributed by atoms with van der Waals surface area (Å²) in [4.78, 5) is 18.2. The van der Waals surface area contributed by atoms with Gasteiger partial charge in [-0.1, -0.05) is 57.6 Å². The van der Waals surface area contributed by atoms with Crippen LogP contribution in [0, 0.1) is 11.7 Å². The Morgan fingerprint density at radius 3 is 2.68 bits per heavy atom. The van der Waals surface area contributed by atoms with Gasteiger partial charge < -0.3 is 25.1 Å². The zero-order valence-corrected chi connectivity index (χ0v) is 21.7. The van der Waals surface area contributed by atoms with Crippen LogP contribution in [0.25, 0.3) is 11.1 Å². The summed E-state index contributed by atoms with van der Waals surface area (Å²) in [5, 5.41) is 9.76. The summed E-state index contributed by atoms with van der Waals surface area (Å²) in [5.74, 6) is 0.102. The highest BCUT2D eigenvalue weighted by atomic mass is 19.1. The maximum atomic E-state index is 13.6. The average Bonchev–Trinajstić information content (AvgIpc) is 3.33. The molecule has 4 rings (SSSR count). The highest BCUT2D eigenvalue weighted by Gasteiger charge is 2.27. The predicted molar refractivity (Wildman–Crippen MR) is 145 cm³/mol. The van der Waals surface area contributed by atoms with Gasteiger partial charge in [-0.15, -0.1) is 0 Å². The third-order valence-corrected chi connectivity index (χ3v) is 6.91. The monoisotopic (exact) mass is 510 g/mol. The van der Waals surface area contributed by atoms with Crippen LogP contribution < -0.4 is 16.0 Å². The lowest BCUT2D eigenvalue weighted by Gasteiger charge is -2.28. The molecular formula is C29H39FN4O3. The second-order valence-corrected chi connectivity index (χ2v) is 9.95. The molecule has 0 bridgehead atoms. The minimum atomic E-state index is -0.472. The van der Waals surface area contributed by atoms with Crippen LogP contribution >= 0.6 is 0 Å². The van der Waals surface area contributed by atoms with Crippen LogP contribution in [0.5, 0.6) is 0 Å². The minimum Gasteiger partial charge on any atom is -0.424 e. The molecule has 1 amide bonds. The molecule has 200 valence electrons. The summed E-state index contributed by atoms with van der Waals surface area (Å²) in [7, 11) is 0. The Bertz CT molecular complexity index is 1060. The molecule has 3 N–H and O–H groups in total. The van der Waals surface area contributed by atoms with Crippen molar-refractivity contribution in [3.8, 4) is 0 Å². The highest BCUT2D eigenvalue weighted by molar-refractivity contribution is 5.85. The number of benzene rings is 2.